The second-order valence-electron chi connectivity index (χ2n) is 3.48. The Kier molecular flexibility index (Phi) is 2.50. The Morgan fingerprint density at radius 1 is 1.45 bits per heavy atom. The average molecular weight is 152 g/mol. The Hall–Kier alpha value is -0.560. The molecule has 0 radical (unpaired) electrons. The molecule has 0 aliphatic heterocycles. The highest BCUT2D eigenvalue weighted by Gasteiger charge is 2.14. The van der Waals surface area contributed by atoms with E-state index in [9.17, 15) is 5.11 Å². The van der Waals surface area contributed by atoms with E-state index in [1.807, 2.05) is 6.08 Å². The van der Waals surface area contributed by atoms with Gasteiger partial charge in [0, 0.05) is 0 Å². The van der Waals surface area contributed by atoms with Crippen LogP contribution in [0.2, 0.25) is 0 Å². The van der Waals surface area contributed by atoms with Crippen LogP contribution in [0.3, 0.4) is 0 Å². The van der Waals surface area contributed by atoms with Gasteiger partial charge in [-0.3, -0.25) is 0 Å². The normalized spacial score (nSPS) is 24.9. The van der Waals surface area contributed by atoms with Crippen LogP contribution in [0, 0.1) is 0 Å². The summed E-state index contributed by atoms with van der Waals surface area (Å²) in [7, 11) is 0. The van der Waals surface area contributed by atoms with Crippen molar-refractivity contribution < 1.29 is 5.11 Å². The van der Waals surface area contributed by atoms with Crippen molar-refractivity contribution in [2.24, 2.45) is 0 Å². The smallest absolute Gasteiger partial charge is 0.0936 e. The molecule has 0 saturated carbocycles. The second kappa shape index (κ2) is 3.22. The van der Waals surface area contributed by atoms with Gasteiger partial charge in [0.05, 0.1) is 6.10 Å². The number of rotatable bonds is 0. The van der Waals surface area contributed by atoms with E-state index >= 15 is 0 Å². The van der Waals surface area contributed by atoms with E-state index in [4.69, 9.17) is 0 Å². The highest BCUT2D eigenvalue weighted by atomic mass is 16.3. The maximum absolute atomic E-state index is 9.58. The summed E-state index contributed by atoms with van der Waals surface area (Å²) in [6.07, 6.45) is 3.78. The van der Waals surface area contributed by atoms with Crippen LogP contribution in [0.15, 0.2) is 22.8 Å². The fraction of sp³-hybridized carbons (Fsp3) is 0.600. The van der Waals surface area contributed by atoms with Crippen molar-refractivity contribution in [3.63, 3.8) is 0 Å². The van der Waals surface area contributed by atoms with Crippen LogP contribution in [0.25, 0.3) is 0 Å². The summed E-state index contributed by atoms with van der Waals surface area (Å²) in [5.74, 6) is 0. The monoisotopic (exact) mass is 152 g/mol. The van der Waals surface area contributed by atoms with Gasteiger partial charge in [-0.25, -0.2) is 0 Å². The van der Waals surface area contributed by atoms with Crippen LogP contribution in [0.1, 0.15) is 33.6 Å². The molecule has 1 rings (SSSR count). The van der Waals surface area contributed by atoms with Gasteiger partial charge < -0.3 is 5.11 Å². The molecule has 1 atom stereocenters. The zero-order valence-corrected chi connectivity index (χ0v) is 7.52. The summed E-state index contributed by atoms with van der Waals surface area (Å²) in [5.41, 5.74) is 3.78. The first kappa shape index (κ1) is 8.54. The first-order valence-corrected chi connectivity index (χ1v) is 4.13. The Bertz CT molecular complexity index is 207. The van der Waals surface area contributed by atoms with E-state index in [2.05, 4.69) is 20.8 Å². The predicted octanol–water partition coefficient (Wildman–Crippen LogP) is 2.42. The van der Waals surface area contributed by atoms with Gasteiger partial charge in [0.1, 0.15) is 0 Å². The molecule has 1 aliphatic rings. The number of hydrogen-bond donors (Lipinski definition) is 1. The van der Waals surface area contributed by atoms with Crippen molar-refractivity contribution in [3.8, 4) is 0 Å². The third kappa shape index (κ3) is 1.93. The van der Waals surface area contributed by atoms with Gasteiger partial charge >= 0.3 is 0 Å². The Labute approximate surface area is 68.4 Å². The third-order valence-corrected chi connectivity index (χ3v) is 2.23. The molecule has 0 aromatic heterocycles. The molecule has 1 heteroatoms. The lowest BCUT2D eigenvalue weighted by Crippen LogP contribution is -2.13. The Morgan fingerprint density at radius 3 is 2.55 bits per heavy atom. The minimum Gasteiger partial charge on any atom is -0.385 e. The molecule has 0 heterocycles. The van der Waals surface area contributed by atoms with Crippen molar-refractivity contribution in [3.05, 3.63) is 22.8 Å². The highest BCUT2D eigenvalue weighted by Crippen LogP contribution is 2.25. The molecular weight excluding hydrogens is 136 g/mol. The first-order chi connectivity index (χ1) is 5.11. The molecule has 0 unspecified atom stereocenters. The van der Waals surface area contributed by atoms with Gasteiger partial charge in [-0.05, 0) is 39.2 Å². The van der Waals surface area contributed by atoms with Crippen molar-refractivity contribution in [2.75, 3.05) is 0 Å². The number of aliphatic hydroxyl groups excluding tert-OH is 1. The first-order valence-electron chi connectivity index (χ1n) is 4.13. The summed E-state index contributed by atoms with van der Waals surface area (Å²) < 4.78 is 0. The molecule has 0 spiro atoms. The molecule has 1 aliphatic carbocycles. The lowest BCUT2D eigenvalue weighted by atomic mass is 9.91. The van der Waals surface area contributed by atoms with E-state index in [1.54, 1.807) is 0 Å². The Morgan fingerprint density at radius 2 is 2.09 bits per heavy atom. The van der Waals surface area contributed by atoms with Crippen LogP contribution in [-0.4, -0.2) is 11.2 Å². The van der Waals surface area contributed by atoms with Gasteiger partial charge in [0.25, 0.3) is 0 Å². The fourth-order valence-corrected chi connectivity index (χ4v) is 1.48. The van der Waals surface area contributed by atoms with Crippen molar-refractivity contribution >= 4 is 0 Å². The topological polar surface area (TPSA) is 20.2 Å². The highest BCUT2D eigenvalue weighted by molar-refractivity contribution is 5.26. The summed E-state index contributed by atoms with van der Waals surface area (Å²) in [6.45, 7) is 6.20. The van der Waals surface area contributed by atoms with Crippen molar-refractivity contribution in [2.45, 2.75) is 39.7 Å². The average Bonchev–Trinajstić information content (AvgIpc) is 1.85. The van der Waals surface area contributed by atoms with Crippen LogP contribution >= 0.6 is 0 Å². The minimum atomic E-state index is -0.311. The van der Waals surface area contributed by atoms with Gasteiger partial charge in [-0.1, -0.05) is 17.2 Å². The number of aliphatic hydroxyl groups is 1. The maximum atomic E-state index is 9.58. The molecular formula is C10H16O. The Balaban J connectivity index is 2.85. The van der Waals surface area contributed by atoms with Crippen LogP contribution < -0.4 is 0 Å². The molecule has 1 N–H and O–H groups in total. The van der Waals surface area contributed by atoms with Crippen molar-refractivity contribution in [1.82, 2.24) is 0 Å². The third-order valence-electron chi connectivity index (χ3n) is 2.23. The quantitative estimate of drug-likeness (QED) is 0.528. The minimum absolute atomic E-state index is 0.311. The number of allylic oxidation sites excluding steroid dienone is 2. The standard InChI is InChI=1S/C10H16O/c1-7(2)9-5-4-8(3)6-10(9)11/h6,10-11H,4-5H2,1-3H3/t10-/m1/s1. The lowest BCUT2D eigenvalue weighted by Gasteiger charge is -2.20. The maximum Gasteiger partial charge on any atom is 0.0936 e. The summed E-state index contributed by atoms with van der Waals surface area (Å²) in [5, 5.41) is 9.58. The van der Waals surface area contributed by atoms with Gasteiger partial charge in [0.15, 0.2) is 0 Å². The molecule has 0 amide bonds. The summed E-state index contributed by atoms with van der Waals surface area (Å²) in [4.78, 5) is 0. The van der Waals surface area contributed by atoms with Gasteiger partial charge in [-0.15, -0.1) is 0 Å². The van der Waals surface area contributed by atoms with Gasteiger partial charge in [0.2, 0.25) is 0 Å². The van der Waals surface area contributed by atoms with E-state index in [1.165, 1.54) is 16.7 Å². The van der Waals surface area contributed by atoms with Gasteiger partial charge in [-0.2, -0.15) is 0 Å². The summed E-state index contributed by atoms with van der Waals surface area (Å²) in [6, 6.07) is 0. The lowest BCUT2D eigenvalue weighted by molar-refractivity contribution is 0.247. The zero-order valence-electron chi connectivity index (χ0n) is 7.52. The van der Waals surface area contributed by atoms with E-state index in [0.29, 0.717) is 0 Å². The molecule has 11 heavy (non-hydrogen) atoms. The molecule has 0 saturated heterocycles. The van der Waals surface area contributed by atoms with E-state index in [-0.39, 0.29) is 6.10 Å². The predicted molar refractivity (Wildman–Crippen MR) is 47.4 cm³/mol. The largest absolute Gasteiger partial charge is 0.385 e. The molecule has 1 nitrogen and oxygen atoms in total. The SMILES string of the molecule is CC1=C[C@@H](O)C(=C(C)C)CC1. The fourth-order valence-electron chi connectivity index (χ4n) is 1.48. The van der Waals surface area contributed by atoms with Crippen LogP contribution in [0.4, 0.5) is 0 Å². The van der Waals surface area contributed by atoms with Crippen LogP contribution in [-0.2, 0) is 0 Å². The second-order valence-corrected chi connectivity index (χ2v) is 3.48. The van der Waals surface area contributed by atoms with E-state index in [0.717, 1.165) is 12.8 Å². The zero-order chi connectivity index (χ0) is 8.43. The van der Waals surface area contributed by atoms with E-state index < -0.39 is 0 Å². The van der Waals surface area contributed by atoms with Crippen molar-refractivity contribution in [1.29, 1.82) is 0 Å². The van der Waals surface area contributed by atoms with Crippen LogP contribution in [0.5, 0.6) is 0 Å². The molecule has 0 fully saturated rings. The molecule has 0 aromatic rings. The number of hydrogen-bond acceptors (Lipinski definition) is 1. The molecule has 0 aromatic carbocycles. The summed E-state index contributed by atoms with van der Waals surface area (Å²) >= 11 is 0. The molecule has 0 bridgehead atoms. The molecule has 62 valence electrons.